The Hall–Kier alpha value is -1.67. The number of thioether (sulfide) groups is 1. The molecule has 0 bridgehead atoms. The Bertz CT molecular complexity index is 464. The van der Waals surface area contributed by atoms with Crippen molar-refractivity contribution in [3.63, 3.8) is 0 Å². The first-order valence-electron chi connectivity index (χ1n) is 5.12. The fraction of sp³-hybridized carbons (Fsp3) is 0.400. The maximum Gasteiger partial charge on any atom is 0.289 e. The van der Waals surface area contributed by atoms with Crippen molar-refractivity contribution in [3.05, 3.63) is 38.4 Å². The van der Waals surface area contributed by atoms with Gasteiger partial charge in [-0.2, -0.15) is 0 Å². The van der Waals surface area contributed by atoms with Crippen LogP contribution in [0.2, 0.25) is 0 Å². The third kappa shape index (κ3) is 3.97. The average molecular weight is 271 g/mol. The van der Waals surface area contributed by atoms with Crippen LogP contribution >= 0.6 is 11.8 Å². The molecule has 0 saturated heterocycles. The number of nitrogens with zero attached hydrogens (tertiary/aromatic N) is 3. The Balaban J connectivity index is 2.90. The van der Waals surface area contributed by atoms with Gasteiger partial charge in [0, 0.05) is 18.4 Å². The molecule has 0 spiro atoms. The SMILES string of the molecule is CN(C)CCSc1ccc([N+](=O)[O-])cc1[N+](=O)[O-]. The van der Waals surface area contributed by atoms with Crippen LogP contribution < -0.4 is 0 Å². The molecule has 1 aromatic carbocycles. The molecule has 18 heavy (non-hydrogen) atoms. The van der Waals surface area contributed by atoms with Crippen LogP contribution in [-0.4, -0.2) is 41.1 Å². The van der Waals surface area contributed by atoms with E-state index in [0.29, 0.717) is 10.6 Å². The summed E-state index contributed by atoms with van der Waals surface area (Å²) >= 11 is 1.32. The van der Waals surface area contributed by atoms with Crippen LogP contribution in [0.5, 0.6) is 0 Å². The monoisotopic (exact) mass is 271 g/mol. The average Bonchev–Trinajstić information content (AvgIpc) is 2.28. The Morgan fingerprint density at radius 2 is 1.89 bits per heavy atom. The van der Waals surface area contributed by atoms with E-state index >= 15 is 0 Å². The summed E-state index contributed by atoms with van der Waals surface area (Å²) in [7, 11) is 3.82. The molecule has 0 N–H and O–H groups in total. The maximum atomic E-state index is 10.9. The van der Waals surface area contributed by atoms with Crippen LogP contribution in [-0.2, 0) is 0 Å². The highest BCUT2D eigenvalue weighted by Crippen LogP contribution is 2.32. The number of nitro groups is 2. The smallest absolute Gasteiger partial charge is 0.289 e. The zero-order valence-corrected chi connectivity index (χ0v) is 10.8. The molecule has 0 fully saturated rings. The molecule has 0 aliphatic carbocycles. The molecule has 0 saturated carbocycles. The number of hydrogen-bond acceptors (Lipinski definition) is 6. The molecule has 0 unspecified atom stereocenters. The zero-order valence-electron chi connectivity index (χ0n) is 10.0. The van der Waals surface area contributed by atoms with Gasteiger partial charge in [0.05, 0.1) is 20.8 Å². The molecule has 0 amide bonds. The molecule has 0 radical (unpaired) electrons. The Labute approximate surface area is 108 Å². The van der Waals surface area contributed by atoms with Crippen molar-refractivity contribution in [1.29, 1.82) is 0 Å². The fourth-order valence-corrected chi connectivity index (χ4v) is 2.34. The zero-order chi connectivity index (χ0) is 13.7. The summed E-state index contributed by atoms with van der Waals surface area (Å²) in [5.41, 5.74) is -0.480. The van der Waals surface area contributed by atoms with E-state index in [-0.39, 0.29) is 11.4 Å². The molecule has 0 aliphatic heterocycles. The second-order valence-corrected chi connectivity index (χ2v) is 4.95. The first-order chi connectivity index (χ1) is 8.41. The topological polar surface area (TPSA) is 89.5 Å². The van der Waals surface area contributed by atoms with Gasteiger partial charge in [0.15, 0.2) is 0 Å². The third-order valence-corrected chi connectivity index (χ3v) is 3.19. The summed E-state index contributed by atoms with van der Waals surface area (Å²) in [6.07, 6.45) is 0. The lowest BCUT2D eigenvalue weighted by Gasteiger charge is -2.08. The van der Waals surface area contributed by atoms with Gasteiger partial charge in [0.2, 0.25) is 0 Å². The summed E-state index contributed by atoms with van der Waals surface area (Å²) in [5.74, 6) is 0.686. The van der Waals surface area contributed by atoms with Crippen molar-refractivity contribution in [2.24, 2.45) is 0 Å². The lowest BCUT2D eigenvalue weighted by Crippen LogP contribution is -2.14. The predicted octanol–water partition coefficient (Wildman–Crippen LogP) is 2.16. The first kappa shape index (κ1) is 14.4. The third-order valence-electron chi connectivity index (χ3n) is 2.15. The summed E-state index contributed by atoms with van der Waals surface area (Å²) in [6, 6.07) is 3.71. The lowest BCUT2D eigenvalue weighted by molar-refractivity contribution is -0.396. The number of nitro benzene ring substituents is 2. The standard InChI is InChI=1S/C10H13N3O4S/c1-11(2)5-6-18-10-4-3-8(12(14)15)7-9(10)13(16)17/h3-4,7H,5-6H2,1-2H3. The molecular formula is C10H13N3O4S. The largest absolute Gasteiger partial charge is 0.309 e. The van der Waals surface area contributed by atoms with Crippen LogP contribution in [0.1, 0.15) is 0 Å². The Morgan fingerprint density at radius 1 is 1.22 bits per heavy atom. The first-order valence-corrected chi connectivity index (χ1v) is 6.10. The fourth-order valence-electron chi connectivity index (χ4n) is 1.22. The highest BCUT2D eigenvalue weighted by atomic mass is 32.2. The van der Waals surface area contributed by atoms with Crippen molar-refractivity contribution in [2.45, 2.75) is 4.90 Å². The van der Waals surface area contributed by atoms with Gasteiger partial charge in [-0.3, -0.25) is 20.2 Å². The van der Waals surface area contributed by atoms with E-state index in [9.17, 15) is 20.2 Å². The van der Waals surface area contributed by atoms with Crippen molar-refractivity contribution >= 4 is 23.1 Å². The van der Waals surface area contributed by atoms with E-state index < -0.39 is 9.85 Å². The molecule has 0 atom stereocenters. The molecule has 98 valence electrons. The molecule has 1 rings (SSSR count). The van der Waals surface area contributed by atoms with E-state index in [2.05, 4.69) is 0 Å². The van der Waals surface area contributed by atoms with Crippen molar-refractivity contribution in [3.8, 4) is 0 Å². The minimum Gasteiger partial charge on any atom is -0.309 e. The highest BCUT2D eigenvalue weighted by molar-refractivity contribution is 7.99. The number of hydrogen-bond donors (Lipinski definition) is 0. The highest BCUT2D eigenvalue weighted by Gasteiger charge is 2.19. The molecule has 0 aromatic heterocycles. The summed E-state index contributed by atoms with van der Waals surface area (Å²) < 4.78 is 0. The van der Waals surface area contributed by atoms with Gasteiger partial charge < -0.3 is 4.90 Å². The van der Waals surface area contributed by atoms with Crippen molar-refractivity contribution in [2.75, 3.05) is 26.4 Å². The van der Waals surface area contributed by atoms with Crippen LogP contribution in [0.3, 0.4) is 0 Å². The van der Waals surface area contributed by atoms with Gasteiger partial charge in [-0.1, -0.05) is 0 Å². The Kier molecular flexibility index (Phi) is 5.05. The van der Waals surface area contributed by atoms with Gasteiger partial charge >= 0.3 is 0 Å². The van der Waals surface area contributed by atoms with Crippen LogP contribution in [0.15, 0.2) is 23.1 Å². The molecule has 0 aliphatic rings. The normalized spacial score (nSPS) is 10.6. The second-order valence-electron chi connectivity index (χ2n) is 3.82. The van der Waals surface area contributed by atoms with E-state index in [4.69, 9.17) is 0 Å². The van der Waals surface area contributed by atoms with E-state index in [1.165, 1.54) is 23.9 Å². The molecule has 1 aromatic rings. The predicted molar refractivity (Wildman–Crippen MR) is 69.0 cm³/mol. The van der Waals surface area contributed by atoms with Crippen molar-refractivity contribution < 1.29 is 9.85 Å². The van der Waals surface area contributed by atoms with Gasteiger partial charge in [-0.15, -0.1) is 11.8 Å². The van der Waals surface area contributed by atoms with E-state index in [1.54, 1.807) is 0 Å². The number of benzene rings is 1. The summed E-state index contributed by atoms with van der Waals surface area (Å²) in [6.45, 7) is 0.777. The lowest BCUT2D eigenvalue weighted by atomic mass is 10.3. The van der Waals surface area contributed by atoms with Crippen molar-refractivity contribution in [1.82, 2.24) is 4.90 Å². The van der Waals surface area contributed by atoms with Gasteiger partial charge in [-0.05, 0) is 20.2 Å². The molecule has 8 heteroatoms. The van der Waals surface area contributed by atoms with Gasteiger partial charge in [-0.25, -0.2) is 0 Å². The minimum atomic E-state index is -0.638. The number of rotatable bonds is 6. The van der Waals surface area contributed by atoms with E-state index in [1.807, 2.05) is 19.0 Å². The van der Waals surface area contributed by atoms with Gasteiger partial charge in [0.25, 0.3) is 11.4 Å². The summed E-state index contributed by atoms with van der Waals surface area (Å²) in [5, 5.41) is 21.4. The minimum absolute atomic E-state index is 0.215. The molecule has 7 nitrogen and oxygen atoms in total. The number of non-ortho nitro benzene ring substituents is 1. The molecule has 0 heterocycles. The second kappa shape index (κ2) is 6.31. The van der Waals surface area contributed by atoms with Gasteiger partial charge in [0.1, 0.15) is 0 Å². The van der Waals surface area contributed by atoms with Crippen LogP contribution in [0.25, 0.3) is 0 Å². The quantitative estimate of drug-likeness (QED) is 0.447. The van der Waals surface area contributed by atoms with Crippen LogP contribution in [0, 0.1) is 20.2 Å². The maximum absolute atomic E-state index is 10.9. The Morgan fingerprint density at radius 3 is 2.39 bits per heavy atom. The summed E-state index contributed by atoms with van der Waals surface area (Å²) in [4.78, 5) is 22.6. The van der Waals surface area contributed by atoms with Crippen LogP contribution in [0.4, 0.5) is 11.4 Å². The van der Waals surface area contributed by atoms with E-state index in [0.717, 1.165) is 12.6 Å². The molecular weight excluding hydrogens is 258 g/mol.